The van der Waals surface area contributed by atoms with Crippen LogP contribution in [0.5, 0.6) is 0 Å². The molecular weight excluding hydrogens is 394 g/mol. The second-order valence-electron chi connectivity index (χ2n) is 8.83. The summed E-state index contributed by atoms with van der Waals surface area (Å²) in [4.78, 5) is 39.1. The first-order valence-electron chi connectivity index (χ1n) is 11.1. The molecule has 1 aliphatic carbocycles. The molecule has 0 bridgehead atoms. The van der Waals surface area contributed by atoms with Gasteiger partial charge in [-0.3, -0.25) is 19.8 Å². The Morgan fingerprint density at radius 2 is 1.94 bits per heavy atom. The Bertz CT molecular complexity index is 855. The normalized spacial score (nSPS) is 25.3. The van der Waals surface area contributed by atoms with E-state index >= 15 is 0 Å². The van der Waals surface area contributed by atoms with Crippen molar-refractivity contribution in [2.75, 3.05) is 18.4 Å². The lowest BCUT2D eigenvalue weighted by Gasteiger charge is -2.26. The van der Waals surface area contributed by atoms with E-state index in [1.54, 1.807) is 29.2 Å². The number of primary amides is 1. The molecule has 1 saturated heterocycles. The molecule has 3 amide bonds. The van der Waals surface area contributed by atoms with Crippen LogP contribution in [0.1, 0.15) is 51.5 Å². The van der Waals surface area contributed by atoms with Gasteiger partial charge in [-0.2, -0.15) is 0 Å². The van der Waals surface area contributed by atoms with Crippen LogP contribution in [0.2, 0.25) is 0 Å². The molecule has 1 aromatic carbocycles. The average molecular weight is 428 g/mol. The minimum absolute atomic E-state index is 0.0241. The average Bonchev–Trinajstić information content (AvgIpc) is 3.37. The zero-order chi connectivity index (χ0) is 22.5. The van der Waals surface area contributed by atoms with Crippen molar-refractivity contribution in [2.45, 2.75) is 58.0 Å². The SMILES string of the molecule is CCC1CC(C(=O)NC2CCC(C)C2)N(C(=O)CNc2ccccc2C(=N)C(N)=O)C1. The Hall–Kier alpha value is -2.90. The minimum Gasteiger partial charge on any atom is -0.376 e. The number of anilines is 1. The van der Waals surface area contributed by atoms with Crippen LogP contribution in [0.15, 0.2) is 24.3 Å². The van der Waals surface area contributed by atoms with Crippen molar-refractivity contribution in [3.05, 3.63) is 29.8 Å². The van der Waals surface area contributed by atoms with Gasteiger partial charge in [0.1, 0.15) is 11.8 Å². The van der Waals surface area contributed by atoms with E-state index in [2.05, 4.69) is 24.5 Å². The highest BCUT2D eigenvalue weighted by Gasteiger charge is 2.39. The van der Waals surface area contributed by atoms with Crippen LogP contribution in [0.3, 0.4) is 0 Å². The maximum atomic E-state index is 13.0. The molecule has 8 nitrogen and oxygen atoms in total. The number of carbonyl (C=O) groups is 3. The number of amides is 3. The zero-order valence-corrected chi connectivity index (χ0v) is 18.3. The van der Waals surface area contributed by atoms with Gasteiger partial charge in [-0.05, 0) is 43.6 Å². The van der Waals surface area contributed by atoms with E-state index in [-0.39, 0.29) is 30.1 Å². The molecule has 2 aliphatic rings. The fourth-order valence-electron chi connectivity index (χ4n) is 4.64. The van der Waals surface area contributed by atoms with Gasteiger partial charge in [0.05, 0.1) is 6.54 Å². The number of benzene rings is 1. The van der Waals surface area contributed by atoms with Crippen LogP contribution >= 0.6 is 0 Å². The molecule has 0 aromatic heterocycles. The van der Waals surface area contributed by atoms with Gasteiger partial charge in [0.15, 0.2) is 0 Å². The van der Waals surface area contributed by atoms with Crippen molar-refractivity contribution in [1.29, 1.82) is 5.41 Å². The van der Waals surface area contributed by atoms with Crippen molar-refractivity contribution >= 4 is 29.1 Å². The molecule has 1 aromatic rings. The number of hydrogen-bond donors (Lipinski definition) is 4. The molecule has 8 heteroatoms. The summed E-state index contributed by atoms with van der Waals surface area (Å²) in [5.74, 6) is -0.129. The van der Waals surface area contributed by atoms with E-state index < -0.39 is 11.9 Å². The Morgan fingerprint density at radius 1 is 1.19 bits per heavy atom. The summed E-state index contributed by atoms with van der Waals surface area (Å²) in [5.41, 5.74) is 5.77. The van der Waals surface area contributed by atoms with Gasteiger partial charge in [0.2, 0.25) is 11.8 Å². The summed E-state index contributed by atoms with van der Waals surface area (Å²) in [6.07, 6.45) is 4.71. The molecule has 2 fully saturated rings. The van der Waals surface area contributed by atoms with Crippen LogP contribution in [-0.2, 0) is 14.4 Å². The predicted octanol–water partition coefficient (Wildman–Crippen LogP) is 1.88. The molecule has 4 atom stereocenters. The molecule has 4 unspecified atom stereocenters. The van der Waals surface area contributed by atoms with E-state index in [1.165, 1.54) is 0 Å². The van der Waals surface area contributed by atoms with Gasteiger partial charge in [-0.25, -0.2) is 0 Å². The number of nitrogens with two attached hydrogens (primary N) is 1. The van der Waals surface area contributed by atoms with Gasteiger partial charge in [-0.15, -0.1) is 0 Å². The standard InChI is InChI=1S/C23H33N5O3/c1-3-15-11-19(23(31)27-16-9-8-14(2)10-16)28(13-15)20(29)12-26-18-7-5-4-6-17(18)21(24)22(25)30/h4-7,14-16,19,24,26H,3,8-13H2,1-2H3,(H2,25,30)(H,27,31). The van der Waals surface area contributed by atoms with Gasteiger partial charge in [-0.1, -0.05) is 38.5 Å². The molecule has 1 heterocycles. The quantitative estimate of drug-likeness (QED) is 0.472. The first kappa shape index (κ1) is 22.8. The summed E-state index contributed by atoms with van der Waals surface area (Å²) in [6.45, 7) is 4.82. The number of nitrogens with zero attached hydrogens (tertiary/aromatic N) is 1. The van der Waals surface area contributed by atoms with Crippen molar-refractivity contribution in [3.63, 3.8) is 0 Å². The molecule has 0 radical (unpaired) electrons. The maximum Gasteiger partial charge on any atom is 0.267 e. The minimum atomic E-state index is -0.830. The summed E-state index contributed by atoms with van der Waals surface area (Å²) in [7, 11) is 0. The highest BCUT2D eigenvalue weighted by atomic mass is 16.2. The number of hydrogen-bond acceptors (Lipinski definition) is 5. The Kier molecular flexibility index (Phi) is 7.30. The van der Waals surface area contributed by atoms with Crippen molar-refractivity contribution < 1.29 is 14.4 Å². The number of carbonyl (C=O) groups excluding carboxylic acids is 3. The van der Waals surface area contributed by atoms with E-state index in [4.69, 9.17) is 11.1 Å². The Morgan fingerprint density at radius 3 is 2.58 bits per heavy atom. The number of likely N-dealkylation sites (tertiary alicyclic amines) is 1. The second kappa shape index (κ2) is 9.94. The monoisotopic (exact) mass is 427 g/mol. The molecule has 0 spiro atoms. The molecule has 31 heavy (non-hydrogen) atoms. The lowest BCUT2D eigenvalue weighted by molar-refractivity contribution is -0.137. The second-order valence-corrected chi connectivity index (χ2v) is 8.83. The largest absolute Gasteiger partial charge is 0.376 e. The van der Waals surface area contributed by atoms with Crippen molar-refractivity contribution in [1.82, 2.24) is 10.2 Å². The third-order valence-corrected chi connectivity index (χ3v) is 6.50. The van der Waals surface area contributed by atoms with E-state index in [9.17, 15) is 14.4 Å². The van der Waals surface area contributed by atoms with Crippen molar-refractivity contribution in [2.24, 2.45) is 17.6 Å². The molecule has 3 rings (SSSR count). The van der Waals surface area contributed by atoms with E-state index in [0.29, 0.717) is 36.1 Å². The van der Waals surface area contributed by atoms with E-state index in [0.717, 1.165) is 25.7 Å². The van der Waals surface area contributed by atoms with Crippen LogP contribution in [0.25, 0.3) is 0 Å². The summed E-state index contributed by atoms with van der Waals surface area (Å²) < 4.78 is 0. The van der Waals surface area contributed by atoms with Crippen molar-refractivity contribution in [3.8, 4) is 0 Å². The first-order chi connectivity index (χ1) is 14.8. The Labute approximate surface area is 183 Å². The lowest BCUT2D eigenvalue weighted by atomic mass is 10.0. The van der Waals surface area contributed by atoms with Gasteiger partial charge in [0.25, 0.3) is 5.91 Å². The fraction of sp³-hybridized carbons (Fsp3) is 0.565. The molecule has 1 saturated carbocycles. The van der Waals surface area contributed by atoms with Crippen LogP contribution in [0, 0.1) is 17.2 Å². The molecule has 168 valence electrons. The first-order valence-corrected chi connectivity index (χ1v) is 11.1. The molecular formula is C23H33N5O3. The summed E-state index contributed by atoms with van der Waals surface area (Å²) in [5, 5.41) is 14.1. The summed E-state index contributed by atoms with van der Waals surface area (Å²) in [6, 6.07) is 6.52. The number of rotatable bonds is 8. The zero-order valence-electron chi connectivity index (χ0n) is 18.3. The predicted molar refractivity (Wildman–Crippen MR) is 120 cm³/mol. The van der Waals surface area contributed by atoms with Gasteiger partial charge < -0.3 is 21.3 Å². The van der Waals surface area contributed by atoms with Crippen LogP contribution in [0.4, 0.5) is 5.69 Å². The van der Waals surface area contributed by atoms with Crippen LogP contribution < -0.4 is 16.4 Å². The third-order valence-electron chi connectivity index (χ3n) is 6.50. The lowest BCUT2D eigenvalue weighted by Crippen LogP contribution is -2.49. The highest BCUT2D eigenvalue weighted by Crippen LogP contribution is 2.28. The number of nitrogens with one attached hydrogen (secondary N) is 3. The Balaban J connectivity index is 1.66. The highest BCUT2D eigenvalue weighted by molar-refractivity contribution is 6.44. The fourth-order valence-corrected chi connectivity index (χ4v) is 4.64. The number of para-hydroxylation sites is 1. The molecule has 1 aliphatic heterocycles. The smallest absolute Gasteiger partial charge is 0.267 e. The molecule has 5 N–H and O–H groups in total. The third kappa shape index (κ3) is 5.42. The van der Waals surface area contributed by atoms with Crippen LogP contribution in [-0.4, -0.2) is 53.5 Å². The topological polar surface area (TPSA) is 128 Å². The van der Waals surface area contributed by atoms with E-state index in [1.807, 2.05) is 0 Å². The van der Waals surface area contributed by atoms with Gasteiger partial charge >= 0.3 is 0 Å². The van der Waals surface area contributed by atoms with Gasteiger partial charge in [0, 0.05) is 23.8 Å². The summed E-state index contributed by atoms with van der Waals surface area (Å²) >= 11 is 0. The maximum absolute atomic E-state index is 13.0.